The maximum Gasteiger partial charge on any atom is 0.234 e. The van der Waals surface area contributed by atoms with Crippen molar-refractivity contribution in [1.82, 2.24) is 5.32 Å². The summed E-state index contributed by atoms with van der Waals surface area (Å²) in [4.78, 5) is 24.8. The molecule has 3 rings (SSSR count). The van der Waals surface area contributed by atoms with Crippen LogP contribution in [0.25, 0.3) is 0 Å². The summed E-state index contributed by atoms with van der Waals surface area (Å²) >= 11 is 1.10. The average molecular weight is 468 g/mol. The Labute approximate surface area is 196 Å². The molecule has 3 N–H and O–H groups in total. The number of phenols is 1. The number of allylic oxidation sites excluding steroid dienone is 1. The van der Waals surface area contributed by atoms with Gasteiger partial charge in [0.05, 0.1) is 35.6 Å². The predicted molar refractivity (Wildman–Crippen MR) is 126 cm³/mol. The van der Waals surface area contributed by atoms with Gasteiger partial charge in [0.1, 0.15) is 5.75 Å². The molecule has 0 bridgehead atoms. The third kappa shape index (κ3) is 6.20. The molecule has 0 aliphatic carbocycles. The summed E-state index contributed by atoms with van der Waals surface area (Å²) in [7, 11) is 0. The van der Waals surface area contributed by atoms with Crippen LogP contribution in [0.1, 0.15) is 31.7 Å². The van der Waals surface area contributed by atoms with E-state index in [1.807, 2.05) is 6.92 Å². The Morgan fingerprint density at radius 2 is 1.94 bits per heavy atom. The summed E-state index contributed by atoms with van der Waals surface area (Å²) in [5.41, 5.74) is 1.66. The fourth-order valence-electron chi connectivity index (χ4n) is 3.37. The topological polar surface area (TPSA) is 121 Å². The third-order valence-electron chi connectivity index (χ3n) is 4.84. The second-order valence-electron chi connectivity index (χ2n) is 7.11. The van der Waals surface area contributed by atoms with E-state index in [1.54, 1.807) is 43.3 Å². The number of amides is 2. The molecule has 9 heteroatoms. The van der Waals surface area contributed by atoms with Gasteiger partial charge in [-0.15, -0.1) is 0 Å². The molecule has 2 aromatic carbocycles. The van der Waals surface area contributed by atoms with Crippen LogP contribution >= 0.6 is 11.8 Å². The van der Waals surface area contributed by atoms with Gasteiger partial charge < -0.3 is 25.2 Å². The number of benzene rings is 2. The van der Waals surface area contributed by atoms with Crippen LogP contribution in [0, 0.1) is 11.3 Å². The summed E-state index contributed by atoms with van der Waals surface area (Å²) in [6, 6.07) is 14.0. The van der Waals surface area contributed by atoms with Crippen molar-refractivity contribution in [2.45, 2.75) is 26.2 Å². The van der Waals surface area contributed by atoms with Crippen LogP contribution in [-0.2, 0) is 9.59 Å². The number of ether oxygens (including phenoxy) is 2. The van der Waals surface area contributed by atoms with Crippen LogP contribution in [0.3, 0.4) is 0 Å². The Bertz CT molecular complexity index is 1090. The maximum absolute atomic E-state index is 12.4. The highest BCUT2D eigenvalue weighted by Crippen LogP contribution is 2.39. The van der Waals surface area contributed by atoms with Crippen molar-refractivity contribution in [2.75, 3.05) is 24.3 Å². The number of aromatic hydroxyl groups is 1. The van der Waals surface area contributed by atoms with Gasteiger partial charge in [0.15, 0.2) is 11.5 Å². The van der Waals surface area contributed by atoms with Crippen LogP contribution in [0.4, 0.5) is 5.69 Å². The van der Waals surface area contributed by atoms with E-state index < -0.39 is 5.92 Å². The van der Waals surface area contributed by atoms with Gasteiger partial charge in [0, 0.05) is 18.0 Å². The number of thioether (sulfide) groups is 1. The Balaban J connectivity index is 1.73. The highest BCUT2D eigenvalue weighted by Gasteiger charge is 2.30. The number of hydrogen-bond acceptors (Lipinski definition) is 7. The van der Waals surface area contributed by atoms with E-state index in [2.05, 4.69) is 16.7 Å². The Morgan fingerprint density at radius 1 is 1.21 bits per heavy atom. The molecule has 0 spiro atoms. The number of nitriles is 1. The Kier molecular flexibility index (Phi) is 8.22. The van der Waals surface area contributed by atoms with Gasteiger partial charge in [-0.25, -0.2) is 0 Å². The second kappa shape index (κ2) is 11.3. The molecule has 0 saturated carbocycles. The molecule has 1 atom stereocenters. The van der Waals surface area contributed by atoms with Gasteiger partial charge in [-0.2, -0.15) is 5.26 Å². The molecule has 2 amide bonds. The van der Waals surface area contributed by atoms with Crippen LogP contribution in [0.15, 0.2) is 53.1 Å². The molecule has 0 unspecified atom stereocenters. The number of nitrogens with one attached hydrogen (secondary N) is 2. The quantitative estimate of drug-likeness (QED) is 0.511. The van der Waals surface area contributed by atoms with Gasteiger partial charge in [0.25, 0.3) is 0 Å². The molecule has 1 aliphatic rings. The highest BCUT2D eigenvalue weighted by molar-refractivity contribution is 8.03. The monoisotopic (exact) mass is 467 g/mol. The smallest absolute Gasteiger partial charge is 0.234 e. The minimum atomic E-state index is -0.500. The number of rotatable bonds is 9. The summed E-state index contributed by atoms with van der Waals surface area (Å²) in [6.45, 7) is 4.62. The van der Waals surface area contributed by atoms with Gasteiger partial charge >= 0.3 is 0 Å². The lowest BCUT2D eigenvalue weighted by atomic mass is 9.87. The molecule has 172 valence electrons. The first-order valence-corrected chi connectivity index (χ1v) is 11.5. The zero-order valence-electron chi connectivity index (χ0n) is 18.4. The van der Waals surface area contributed by atoms with Crippen molar-refractivity contribution in [2.24, 2.45) is 0 Å². The molecule has 0 radical (unpaired) electrons. The number of phenolic OH excluding ortho intramolecular Hbond substituents is 1. The van der Waals surface area contributed by atoms with E-state index in [-0.39, 0.29) is 29.7 Å². The van der Waals surface area contributed by atoms with Crippen molar-refractivity contribution in [1.29, 1.82) is 5.26 Å². The molecule has 0 fully saturated rings. The lowest BCUT2D eigenvalue weighted by Gasteiger charge is -2.25. The summed E-state index contributed by atoms with van der Waals surface area (Å²) in [5.74, 6) is -0.00806. The van der Waals surface area contributed by atoms with Crippen molar-refractivity contribution in [3.63, 3.8) is 0 Å². The fourth-order valence-corrected chi connectivity index (χ4v) is 4.25. The van der Waals surface area contributed by atoms with E-state index in [0.717, 1.165) is 11.8 Å². The normalized spacial score (nSPS) is 15.4. The highest BCUT2D eigenvalue weighted by atomic mass is 32.2. The van der Waals surface area contributed by atoms with Crippen LogP contribution in [-0.4, -0.2) is 35.9 Å². The SMILES string of the molecule is CCOc1ccc(NC(=O)CSC2=C(C#N)[C@@H](c3ccc(O)c(OCC)c3)CC(=O)N2)cc1. The van der Waals surface area contributed by atoms with E-state index in [9.17, 15) is 20.0 Å². The lowest BCUT2D eigenvalue weighted by molar-refractivity contribution is -0.121. The number of hydrogen-bond donors (Lipinski definition) is 3. The zero-order valence-corrected chi connectivity index (χ0v) is 19.2. The van der Waals surface area contributed by atoms with Crippen molar-refractivity contribution >= 4 is 29.3 Å². The molecule has 1 aliphatic heterocycles. The first-order chi connectivity index (χ1) is 15.9. The van der Waals surface area contributed by atoms with Crippen LogP contribution < -0.4 is 20.1 Å². The second-order valence-corrected chi connectivity index (χ2v) is 8.10. The number of anilines is 1. The standard InChI is InChI=1S/C24H25N3O5S/c1-3-31-17-8-6-16(7-9-17)26-23(30)14-33-24-19(13-25)18(12-22(29)27-24)15-5-10-20(28)21(11-15)32-4-2/h5-11,18,28H,3-4,12,14H2,1-2H3,(H,26,30)(H,27,29)/t18-/m1/s1. The maximum atomic E-state index is 12.4. The summed E-state index contributed by atoms with van der Waals surface area (Å²) in [6.07, 6.45) is 0.0850. The van der Waals surface area contributed by atoms with E-state index in [1.165, 1.54) is 6.07 Å². The van der Waals surface area contributed by atoms with E-state index in [0.29, 0.717) is 46.6 Å². The molecule has 1 heterocycles. The first-order valence-electron chi connectivity index (χ1n) is 10.5. The van der Waals surface area contributed by atoms with Crippen LogP contribution in [0.5, 0.6) is 17.2 Å². The average Bonchev–Trinajstić information content (AvgIpc) is 2.80. The van der Waals surface area contributed by atoms with E-state index >= 15 is 0 Å². The number of nitrogens with zero attached hydrogens (tertiary/aromatic N) is 1. The molecule has 33 heavy (non-hydrogen) atoms. The first kappa shape index (κ1) is 24.0. The largest absolute Gasteiger partial charge is 0.504 e. The van der Waals surface area contributed by atoms with Crippen LogP contribution in [0.2, 0.25) is 0 Å². The van der Waals surface area contributed by atoms with Crippen molar-refractivity contribution in [3.8, 4) is 23.3 Å². The van der Waals surface area contributed by atoms with Gasteiger partial charge in [0.2, 0.25) is 11.8 Å². The number of carbonyl (C=O) groups is 2. The Morgan fingerprint density at radius 3 is 2.61 bits per heavy atom. The molecule has 0 saturated heterocycles. The minimum absolute atomic E-state index is 0.0103. The van der Waals surface area contributed by atoms with Gasteiger partial charge in [-0.1, -0.05) is 17.8 Å². The van der Waals surface area contributed by atoms with Gasteiger partial charge in [-0.3, -0.25) is 9.59 Å². The van der Waals surface area contributed by atoms with Gasteiger partial charge in [-0.05, 0) is 55.8 Å². The minimum Gasteiger partial charge on any atom is -0.504 e. The van der Waals surface area contributed by atoms with Crippen molar-refractivity contribution in [3.05, 3.63) is 58.6 Å². The summed E-state index contributed by atoms with van der Waals surface area (Å²) in [5, 5.41) is 25.6. The fraction of sp³-hybridized carbons (Fsp3) is 0.292. The molecule has 2 aromatic rings. The predicted octanol–water partition coefficient (Wildman–Crippen LogP) is 3.90. The van der Waals surface area contributed by atoms with E-state index in [4.69, 9.17) is 9.47 Å². The molecule has 0 aromatic heterocycles. The molecular formula is C24H25N3O5S. The lowest BCUT2D eigenvalue weighted by Crippen LogP contribution is -2.31. The summed E-state index contributed by atoms with van der Waals surface area (Å²) < 4.78 is 10.8. The zero-order chi connectivity index (χ0) is 23.8. The number of carbonyl (C=O) groups excluding carboxylic acids is 2. The Hall–Kier alpha value is -3.64. The molecular weight excluding hydrogens is 442 g/mol. The third-order valence-corrected chi connectivity index (χ3v) is 5.86. The van der Waals surface area contributed by atoms with Crippen molar-refractivity contribution < 1.29 is 24.2 Å². The molecule has 8 nitrogen and oxygen atoms in total.